The number of hydrogen-bond acceptors (Lipinski definition) is 4. The summed E-state index contributed by atoms with van der Waals surface area (Å²) < 4.78 is 43.9. The molecule has 0 atom stereocenters. The van der Waals surface area contributed by atoms with E-state index in [2.05, 4.69) is 26.6 Å². The lowest BCUT2D eigenvalue weighted by Gasteiger charge is -2.11. The largest absolute Gasteiger partial charge is 0.456 e. The van der Waals surface area contributed by atoms with Crippen molar-refractivity contribution in [2.24, 2.45) is 0 Å². The molecule has 0 saturated carbocycles. The zero-order chi connectivity index (χ0) is 23.7. The van der Waals surface area contributed by atoms with Gasteiger partial charge in [0.15, 0.2) is 6.61 Å². The zero-order valence-electron chi connectivity index (χ0n) is 17.2. The Labute approximate surface area is 191 Å². The smallest absolute Gasteiger partial charge is 0.416 e. The molecule has 0 fully saturated rings. The molecule has 0 unspecified atom stereocenters. The first-order valence-corrected chi connectivity index (χ1v) is 10.6. The average molecular weight is 515 g/mol. The van der Waals surface area contributed by atoms with Crippen LogP contribution in [0, 0.1) is 0 Å². The summed E-state index contributed by atoms with van der Waals surface area (Å²) in [6.07, 6.45) is -3.88. The first-order chi connectivity index (χ1) is 15.1. The zero-order valence-corrected chi connectivity index (χ0v) is 18.8. The van der Waals surface area contributed by atoms with Gasteiger partial charge in [-0.25, -0.2) is 0 Å². The number of benzene rings is 2. The Morgan fingerprint density at radius 3 is 2.44 bits per heavy atom. The lowest BCUT2D eigenvalue weighted by molar-refractivity contribution is -0.147. The number of carbonyl (C=O) groups is 3. The minimum Gasteiger partial charge on any atom is -0.456 e. The van der Waals surface area contributed by atoms with Crippen molar-refractivity contribution < 1.29 is 32.3 Å². The molecule has 0 radical (unpaired) electrons. The maximum Gasteiger partial charge on any atom is 0.416 e. The topological polar surface area (TPSA) is 84.5 Å². The number of esters is 1. The van der Waals surface area contributed by atoms with Crippen molar-refractivity contribution >= 4 is 45.1 Å². The molecule has 172 valence electrons. The van der Waals surface area contributed by atoms with E-state index >= 15 is 0 Å². The predicted molar refractivity (Wildman–Crippen MR) is 117 cm³/mol. The number of carbonyl (C=O) groups excluding carboxylic acids is 3. The molecule has 10 heteroatoms. The monoisotopic (exact) mass is 514 g/mol. The number of halogens is 4. The average Bonchev–Trinajstić information content (AvgIpc) is 2.73. The van der Waals surface area contributed by atoms with Crippen LogP contribution < -0.4 is 10.6 Å². The van der Waals surface area contributed by atoms with E-state index in [1.165, 1.54) is 12.1 Å². The molecule has 0 heterocycles. The Bertz CT molecular complexity index is 980. The highest BCUT2D eigenvalue weighted by molar-refractivity contribution is 9.10. The van der Waals surface area contributed by atoms with E-state index in [-0.39, 0.29) is 24.9 Å². The molecule has 2 amide bonds. The van der Waals surface area contributed by atoms with Gasteiger partial charge in [-0.05, 0) is 54.8 Å². The molecule has 2 aromatic rings. The number of rotatable bonds is 9. The van der Waals surface area contributed by atoms with Gasteiger partial charge < -0.3 is 15.4 Å². The van der Waals surface area contributed by atoms with Gasteiger partial charge in [-0.15, -0.1) is 0 Å². The van der Waals surface area contributed by atoms with Crippen molar-refractivity contribution in [3.63, 3.8) is 0 Å². The van der Waals surface area contributed by atoms with Crippen molar-refractivity contribution in [2.45, 2.75) is 38.8 Å². The van der Waals surface area contributed by atoms with Crippen molar-refractivity contribution in [3.8, 4) is 0 Å². The Balaban J connectivity index is 1.71. The second-order valence-electron chi connectivity index (χ2n) is 6.84. The van der Waals surface area contributed by atoms with Crippen molar-refractivity contribution in [1.29, 1.82) is 0 Å². The molecule has 2 rings (SSSR count). The standard InChI is InChI=1S/C22H22BrF3N2O4/c1-2-14-11-16(23)9-10-18(14)28-20(30)13-32-21(31)8-4-7-19(29)27-17-6-3-5-15(12-17)22(24,25)26/h3,5-6,9-12H,2,4,7-8,13H2,1H3,(H,27,29)(H,28,30). The van der Waals surface area contributed by atoms with Crippen LogP contribution in [0.1, 0.15) is 37.3 Å². The van der Waals surface area contributed by atoms with Gasteiger partial charge in [0.1, 0.15) is 0 Å². The highest BCUT2D eigenvalue weighted by Crippen LogP contribution is 2.30. The molecule has 0 saturated heterocycles. The first kappa shape index (κ1) is 25.4. The van der Waals surface area contributed by atoms with Crippen LogP contribution in [-0.4, -0.2) is 24.4 Å². The highest BCUT2D eigenvalue weighted by atomic mass is 79.9. The van der Waals surface area contributed by atoms with Crippen molar-refractivity contribution in [3.05, 3.63) is 58.1 Å². The van der Waals surface area contributed by atoms with Crippen LogP contribution in [0.3, 0.4) is 0 Å². The number of alkyl halides is 3. The maximum absolute atomic E-state index is 12.7. The van der Waals surface area contributed by atoms with Crippen molar-refractivity contribution in [2.75, 3.05) is 17.2 Å². The molecule has 0 aromatic heterocycles. The van der Waals surface area contributed by atoms with Gasteiger partial charge in [-0.2, -0.15) is 13.2 Å². The van der Waals surface area contributed by atoms with E-state index in [4.69, 9.17) is 4.74 Å². The molecule has 0 spiro atoms. The second-order valence-corrected chi connectivity index (χ2v) is 7.76. The Morgan fingerprint density at radius 1 is 1.00 bits per heavy atom. The number of aryl methyl sites for hydroxylation is 1. The van der Waals surface area contributed by atoms with Crippen LogP contribution in [0.2, 0.25) is 0 Å². The Hall–Kier alpha value is -2.88. The molecule has 2 N–H and O–H groups in total. The SMILES string of the molecule is CCc1cc(Br)ccc1NC(=O)COC(=O)CCCC(=O)Nc1cccc(C(F)(F)F)c1. The van der Waals surface area contributed by atoms with Gasteiger partial charge in [0.25, 0.3) is 5.91 Å². The van der Waals surface area contributed by atoms with E-state index in [1.54, 1.807) is 12.1 Å². The minimum atomic E-state index is -4.51. The molecular weight excluding hydrogens is 493 g/mol. The fraction of sp³-hybridized carbons (Fsp3) is 0.318. The molecule has 0 bridgehead atoms. The Kier molecular flexibility index (Phi) is 9.25. The van der Waals surface area contributed by atoms with Crippen LogP contribution in [0.5, 0.6) is 0 Å². The molecule has 0 aliphatic heterocycles. The van der Waals surface area contributed by atoms with E-state index in [9.17, 15) is 27.6 Å². The normalized spacial score (nSPS) is 11.0. The van der Waals surface area contributed by atoms with Crippen LogP contribution >= 0.6 is 15.9 Å². The summed E-state index contributed by atoms with van der Waals surface area (Å²) in [4.78, 5) is 35.7. The quantitative estimate of drug-likeness (QED) is 0.443. The van der Waals surface area contributed by atoms with Crippen LogP contribution in [-0.2, 0) is 31.7 Å². The summed E-state index contributed by atoms with van der Waals surface area (Å²) in [7, 11) is 0. The molecule has 0 aliphatic rings. The number of nitrogens with one attached hydrogen (secondary N) is 2. The predicted octanol–water partition coefficient (Wildman–Crippen LogP) is 5.32. The first-order valence-electron chi connectivity index (χ1n) is 9.79. The summed E-state index contributed by atoms with van der Waals surface area (Å²) in [5.41, 5.74) is 0.698. The summed E-state index contributed by atoms with van der Waals surface area (Å²) >= 11 is 3.36. The third-order valence-electron chi connectivity index (χ3n) is 4.34. The maximum atomic E-state index is 12.7. The second kappa shape index (κ2) is 11.7. The molecule has 2 aromatic carbocycles. The van der Waals surface area contributed by atoms with E-state index in [0.717, 1.165) is 22.2 Å². The number of hydrogen-bond donors (Lipinski definition) is 2. The fourth-order valence-electron chi connectivity index (χ4n) is 2.77. The molecular formula is C22H22BrF3N2O4. The number of ether oxygens (including phenoxy) is 1. The molecule has 32 heavy (non-hydrogen) atoms. The lowest BCUT2D eigenvalue weighted by Crippen LogP contribution is -2.21. The van der Waals surface area contributed by atoms with Gasteiger partial charge in [0.05, 0.1) is 5.56 Å². The van der Waals surface area contributed by atoms with E-state index in [0.29, 0.717) is 12.1 Å². The van der Waals surface area contributed by atoms with Gasteiger partial charge in [-0.1, -0.05) is 28.9 Å². The third kappa shape index (κ3) is 8.33. The number of amides is 2. The summed E-state index contributed by atoms with van der Waals surface area (Å²) in [5, 5.41) is 5.04. The minimum absolute atomic E-state index is 0.0171. The fourth-order valence-corrected chi connectivity index (χ4v) is 3.18. The van der Waals surface area contributed by atoms with Crippen molar-refractivity contribution in [1.82, 2.24) is 0 Å². The molecule has 6 nitrogen and oxygen atoms in total. The van der Waals surface area contributed by atoms with Gasteiger partial charge in [0, 0.05) is 28.7 Å². The Morgan fingerprint density at radius 2 is 1.75 bits per heavy atom. The van der Waals surface area contributed by atoms with Crippen LogP contribution in [0.15, 0.2) is 46.9 Å². The van der Waals surface area contributed by atoms with E-state index < -0.39 is 36.1 Å². The third-order valence-corrected chi connectivity index (χ3v) is 4.84. The van der Waals surface area contributed by atoms with Crippen LogP contribution in [0.25, 0.3) is 0 Å². The molecule has 0 aliphatic carbocycles. The highest BCUT2D eigenvalue weighted by Gasteiger charge is 2.30. The summed E-state index contributed by atoms with van der Waals surface area (Å²) in [6.45, 7) is 1.48. The number of anilines is 2. The summed E-state index contributed by atoms with van der Waals surface area (Å²) in [6, 6.07) is 9.68. The van der Waals surface area contributed by atoms with Gasteiger partial charge in [-0.3, -0.25) is 14.4 Å². The van der Waals surface area contributed by atoms with Crippen LogP contribution in [0.4, 0.5) is 24.5 Å². The van der Waals surface area contributed by atoms with E-state index in [1.807, 2.05) is 13.0 Å². The lowest BCUT2D eigenvalue weighted by atomic mass is 10.1. The van der Waals surface area contributed by atoms with Gasteiger partial charge in [0.2, 0.25) is 5.91 Å². The summed E-state index contributed by atoms with van der Waals surface area (Å²) in [5.74, 6) is -1.67. The van der Waals surface area contributed by atoms with Gasteiger partial charge >= 0.3 is 12.1 Å².